The van der Waals surface area contributed by atoms with Gasteiger partial charge in [0, 0.05) is 69.3 Å². The molecular weight excluding hydrogens is 722 g/mol. The second-order valence-electron chi connectivity index (χ2n) is 12.1. The van der Waals surface area contributed by atoms with E-state index in [0.29, 0.717) is 56.6 Å². The Kier molecular flexibility index (Phi) is 15.2. The smallest absolute Gasteiger partial charge is 0.490 e. The van der Waals surface area contributed by atoms with Crippen LogP contribution in [-0.4, -0.2) is 106 Å². The highest BCUT2D eigenvalue weighted by atomic mass is 19.4. The molecule has 3 aromatic rings. The van der Waals surface area contributed by atoms with Gasteiger partial charge >= 0.3 is 24.3 Å². The number of piperazine rings is 1. The number of aliphatic carboxylic acids is 2. The van der Waals surface area contributed by atoms with E-state index in [1.165, 1.54) is 0 Å². The number of carbonyl (C=O) groups excluding carboxylic acids is 1. The van der Waals surface area contributed by atoms with Crippen LogP contribution in [0.3, 0.4) is 0 Å². The standard InChI is InChI=1S/C29H40N6O4.2C2HF3O2/c1-3-34-26-16-23(5-6-25(26)35(28(34)17-30)18-22-8-14-38-15-9-22)39-20-29(37)33-12-10-32(11-13-33)19-24-27(36)7-4-21(2)31-24;2*3-2(4,5)1(6)7/h4-7,16,22H,3,8-15,17-20,30H2,1-2H3;2*(H,6,7). The van der Waals surface area contributed by atoms with Gasteiger partial charge in [0.15, 0.2) is 17.6 Å². The van der Waals surface area contributed by atoms with Crippen molar-refractivity contribution in [2.75, 3.05) is 46.0 Å². The number of aryl methyl sites for hydroxylation is 2. The van der Waals surface area contributed by atoms with Gasteiger partial charge in [-0.15, -0.1) is 0 Å². The zero-order valence-electron chi connectivity index (χ0n) is 29.1. The van der Waals surface area contributed by atoms with Crippen molar-refractivity contribution in [3.63, 3.8) is 0 Å². The molecule has 2 aliphatic heterocycles. The molecule has 0 radical (unpaired) electrons. The summed E-state index contributed by atoms with van der Waals surface area (Å²) >= 11 is 0. The van der Waals surface area contributed by atoms with Gasteiger partial charge in [0.05, 0.1) is 19.6 Å². The molecule has 0 atom stereocenters. The molecule has 2 saturated heterocycles. The van der Waals surface area contributed by atoms with Crippen LogP contribution in [0.25, 0.3) is 11.0 Å². The molecule has 2 aromatic heterocycles. The van der Waals surface area contributed by atoms with Crippen LogP contribution in [0.4, 0.5) is 26.3 Å². The number of carbonyl (C=O) groups is 3. The van der Waals surface area contributed by atoms with Gasteiger partial charge in [0.2, 0.25) is 0 Å². The van der Waals surface area contributed by atoms with Crippen LogP contribution in [-0.2, 0) is 45.3 Å². The Morgan fingerprint density at radius 1 is 1.00 bits per heavy atom. The highest BCUT2D eigenvalue weighted by Gasteiger charge is 2.39. The predicted molar refractivity (Wildman–Crippen MR) is 172 cm³/mol. The van der Waals surface area contributed by atoms with E-state index < -0.39 is 24.3 Å². The van der Waals surface area contributed by atoms with Crippen molar-refractivity contribution in [3.05, 3.63) is 47.5 Å². The van der Waals surface area contributed by atoms with Crippen LogP contribution in [0, 0.1) is 12.8 Å². The van der Waals surface area contributed by atoms with E-state index in [1.807, 2.05) is 24.0 Å². The molecule has 20 heteroatoms. The van der Waals surface area contributed by atoms with Crippen LogP contribution in [0.5, 0.6) is 11.5 Å². The van der Waals surface area contributed by atoms with Gasteiger partial charge in [0.25, 0.3) is 11.7 Å². The topological polar surface area (TPSA) is 187 Å². The number of hydrogen-bond acceptors (Lipinski definition) is 9. The van der Waals surface area contributed by atoms with Gasteiger partial charge in [-0.2, -0.15) is 26.3 Å². The number of nitrogens with zero attached hydrogens (tertiary/aromatic N) is 5. The summed E-state index contributed by atoms with van der Waals surface area (Å²) < 4.78 is 79.6. The fourth-order valence-corrected chi connectivity index (χ4v) is 5.74. The molecule has 0 spiro atoms. The minimum absolute atomic E-state index is 0.00565. The monoisotopic (exact) mass is 764 g/mol. The maximum atomic E-state index is 12.9. The average molecular weight is 765 g/mol. The lowest BCUT2D eigenvalue weighted by Crippen LogP contribution is -2.49. The highest BCUT2D eigenvalue weighted by molar-refractivity contribution is 5.78. The number of fused-ring (bicyclic) bond motifs is 1. The normalized spacial score (nSPS) is 15.6. The average Bonchev–Trinajstić information content (AvgIpc) is 3.40. The molecule has 2 fully saturated rings. The minimum atomic E-state index is -5.08. The number of halogens is 6. The molecule has 2 aliphatic rings. The summed E-state index contributed by atoms with van der Waals surface area (Å²) in [7, 11) is 0. The number of hydrogen-bond donors (Lipinski definition) is 3. The van der Waals surface area contributed by atoms with Crippen LogP contribution in [0.15, 0.2) is 30.3 Å². The first kappa shape index (κ1) is 42.7. The van der Waals surface area contributed by atoms with Crippen LogP contribution < -0.4 is 20.1 Å². The Morgan fingerprint density at radius 2 is 1.58 bits per heavy atom. The number of amides is 1. The van der Waals surface area contributed by atoms with E-state index in [4.69, 9.17) is 35.0 Å². The quantitative estimate of drug-likeness (QED) is 0.215. The summed E-state index contributed by atoms with van der Waals surface area (Å²) in [6.45, 7) is 11.0. The number of ether oxygens (including phenoxy) is 2. The lowest BCUT2D eigenvalue weighted by atomic mass is 10.0. The molecule has 294 valence electrons. The second-order valence-corrected chi connectivity index (χ2v) is 12.1. The van der Waals surface area contributed by atoms with E-state index in [0.717, 1.165) is 61.7 Å². The third-order valence-corrected chi connectivity index (χ3v) is 8.45. The summed E-state index contributed by atoms with van der Waals surface area (Å²) in [6.07, 6.45) is -8.04. The van der Waals surface area contributed by atoms with Gasteiger partial charge in [-0.05, 0) is 44.9 Å². The maximum Gasteiger partial charge on any atom is 0.490 e. The Balaban J connectivity index is 0.000000458. The number of imidazole rings is 1. The zero-order chi connectivity index (χ0) is 39.5. The van der Waals surface area contributed by atoms with E-state index >= 15 is 0 Å². The molecule has 0 unspecified atom stereocenters. The van der Waals surface area contributed by atoms with Crippen molar-refractivity contribution in [1.29, 1.82) is 0 Å². The molecule has 0 bridgehead atoms. The van der Waals surface area contributed by atoms with Gasteiger partial charge in [-0.1, -0.05) is 11.8 Å². The predicted octanol–water partition coefficient (Wildman–Crippen LogP) is 2.60. The lowest BCUT2D eigenvalue weighted by molar-refractivity contribution is -0.687. The van der Waals surface area contributed by atoms with E-state index in [1.54, 1.807) is 12.1 Å². The third kappa shape index (κ3) is 12.5. The van der Waals surface area contributed by atoms with Crippen LogP contribution >= 0.6 is 0 Å². The fraction of sp³-hybridized carbons (Fsp3) is 0.545. The Hall–Kier alpha value is -4.69. The number of alkyl halides is 6. The summed E-state index contributed by atoms with van der Waals surface area (Å²) in [5.41, 5.74) is 9.84. The molecule has 4 N–H and O–H groups in total. The maximum absolute atomic E-state index is 12.9. The second kappa shape index (κ2) is 18.9. The van der Waals surface area contributed by atoms with E-state index in [9.17, 15) is 36.2 Å². The van der Waals surface area contributed by atoms with Crippen molar-refractivity contribution in [2.45, 2.75) is 65.2 Å². The number of carboxylic acid groups (broad SMARTS) is 2. The third-order valence-electron chi connectivity index (χ3n) is 8.45. The van der Waals surface area contributed by atoms with Crippen molar-refractivity contribution >= 4 is 28.9 Å². The SMILES string of the molecule is CCn1c(CN)[n+](CC2CCOCC2)c2ccc(OCC(=O)N3CCN(Cc4nc(C)ccc4[O-])CC3)cc21.O=C(O)C(F)(F)F.O=C(O)C(F)(F)F. The van der Waals surface area contributed by atoms with E-state index in [-0.39, 0.29) is 18.3 Å². The molecule has 14 nitrogen and oxygen atoms in total. The molecule has 53 heavy (non-hydrogen) atoms. The molecule has 0 saturated carbocycles. The number of benzene rings is 1. The first-order valence-corrected chi connectivity index (χ1v) is 16.5. The largest absolute Gasteiger partial charge is 0.871 e. The minimum Gasteiger partial charge on any atom is -0.871 e. The Morgan fingerprint density at radius 3 is 2.11 bits per heavy atom. The number of nitrogens with two attached hydrogens (primary N) is 1. The van der Waals surface area contributed by atoms with Gasteiger partial charge < -0.3 is 35.4 Å². The molecule has 5 rings (SSSR count). The summed E-state index contributed by atoms with van der Waals surface area (Å²) in [5, 5.41) is 26.4. The Labute approximate surface area is 300 Å². The Bertz CT molecular complexity index is 1680. The fourth-order valence-electron chi connectivity index (χ4n) is 5.74. The molecule has 4 heterocycles. The summed E-state index contributed by atoms with van der Waals surface area (Å²) in [6, 6.07) is 9.37. The summed E-state index contributed by atoms with van der Waals surface area (Å²) in [5.74, 6) is -3.22. The number of pyridine rings is 1. The highest BCUT2D eigenvalue weighted by Crippen LogP contribution is 2.24. The molecule has 1 amide bonds. The first-order chi connectivity index (χ1) is 24.8. The zero-order valence-corrected chi connectivity index (χ0v) is 29.1. The van der Waals surface area contributed by atoms with Gasteiger partial charge in [0.1, 0.15) is 5.75 Å². The van der Waals surface area contributed by atoms with Gasteiger partial charge in [-0.3, -0.25) is 14.7 Å². The van der Waals surface area contributed by atoms with Crippen molar-refractivity contribution < 1.29 is 70.1 Å². The van der Waals surface area contributed by atoms with Crippen molar-refractivity contribution in [2.24, 2.45) is 11.7 Å². The van der Waals surface area contributed by atoms with E-state index in [2.05, 4.69) is 32.0 Å². The van der Waals surface area contributed by atoms with Gasteiger partial charge in [-0.25, -0.2) is 18.7 Å². The molecule has 0 aliphatic carbocycles. The molecule has 1 aromatic carbocycles. The number of carboxylic acids is 2. The first-order valence-electron chi connectivity index (χ1n) is 16.5. The number of aromatic nitrogens is 3. The molecular formula is C33H42F6N6O8. The number of rotatable bonds is 9. The van der Waals surface area contributed by atoms with Crippen molar-refractivity contribution in [3.8, 4) is 11.5 Å². The lowest BCUT2D eigenvalue weighted by Gasteiger charge is -2.35. The summed E-state index contributed by atoms with van der Waals surface area (Å²) in [4.78, 5) is 39.1. The van der Waals surface area contributed by atoms with Crippen LogP contribution in [0.1, 0.15) is 37.0 Å². The van der Waals surface area contributed by atoms with Crippen LogP contribution in [0.2, 0.25) is 0 Å². The van der Waals surface area contributed by atoms with Crippen molar-refractivity contribution in [1.82, 2.24) is 19.4 Å².